The van der Waals surface area contributed by atoms with E-state index in [1.54, 1.807) is 0 Å². The average molecular weight is 289 g/mol. The van der Waals surface area contributed by atoms with E-state index in [9.17, 15) is 0 Å². The lowest BCUT2D eigenvalue weighted by molar-refractivity contribution is 0.641. The number of unbranched alkanes of at least 4 members (excludes halogenated alkanes) is 1. The second-order valence-corrected chi connectivity index (χ2v) is 4.41. The summed E-state index contributed by atoms with van der Waals surface area (Å²) in [6.07, 6.45) is 2.53. The second-order valence-electron chi connectivity index (χ2n) is 3.16. The Balaban J connectivity index is 2.28. The Bertz CT molecular complexity index is 248. The van der Waals surface area contributed by atoms with Crippen molar-refractivity contribution < 1.29 is 0 Å². The summed E-state index contributed by atoms with van der Waals surface area (Å²) in [5.41, 5.74) is 1.38. The lowest BCUT2D eigenvalue weighted by atomic mass is 10.2. The molecule has 13 heavy (non-hydrogen) atoms. The molecule has 0 heterocycles. The van der Waals surface area contributed by atoms with Gasteiger partial charge in [-0.3, -0.25) is 0 Å². The van der Waals surface area contributed by atoms with E-state index < -0.39 is 0 Å². The molecule has 1 rings (SSSR count). The first-order valence-electron chi connectivity index (χ1n) is 4.78. The first kappa shape index (κ1) is 11.0. The lowest BCUT2D eigenvalue weighted by Gasteiger charge is -2.03. The zero-order valence-electron chi connectivity index (χ0n) is 8.02. The van der Waals surface area contributed by atoms with E-state index in [2.05, 4.69) is 59.1 Å². The molecule has 0 aliphatic carbocycles. The van der Waals surface area contributed by atoms with Gasteiger partial charge in [0.05, 0.1) is 0 Å². The predicted molar refractivity (Wildman–Crippen MR) is 65.8 cm³/mol. The summed E-state index contributed by atoms with van der Waals surface area (Å²) in [5, 5.41) is 3.43. The molecule has 0 bridgehead atoms. The summed E-state index contributed by atoms with van der Waals surface area (Å²) >= 11 is 2.35. The Labute approximate surface area is 94.1 Å². The van der Waals surface area contributed by atoms with Gasteiger partial charge in [-0.05, 0) is 53.3 Å². The zero-order chi connectivity index (χ0) is 9.52. The van der Waals surface area contributed by atoms with Crippen LogP contribution in [-0.4, -0.2) is 6.54 Å². The fraction of sp³-hybridized carbons (Fsp3) is 0.455. The van der Waals surface area contributed by atoms with Gasteiger partial charge in [0, 0.05) is 10.1 Å². The van der Waals surface area contributed by atoms with Crippen molar-refractivity contribution >= 4 is 22.6 Å². The Morgan fingerprint density at radius 2 is 2.23 bits per heavy atom. The normalized spacial score (nSPS) is 10.3. The minimum absolute atomic E-state index is 0.997. The van der Waals surface area contributed by atoms with Crippen LogP contribution in [0.3, 0.4) is 0 Å². The van der Waals surface area contributed by atoms with Crippen molar-refractivity contribution in [1.29, 1.82) is 0 Å². The van der Waals surface area contributed by atoms with Crippen LogP contribution in [0.25, 0.3) is 0 Å². The van der Waals surface area contributed by atoms with Gasteiger partial charge in [-0.1, -0.05) is 25.5 Å². The fourth-order valence-corrected chi connectivity index (χ4v) is 1.79. The van der Waals surface area contributed by atoms with E-state index in [1.165, 1.54) is 22.0 Å². The molecule has 0 fully saturated rings. The van der Waals surface area contributed by atoms with Gasteiger partial charge >= 0.3 is 0 Å². The third-order valence-corrected chi connectivity index (χ3v) is 2.60. The standard InChI is InChI=1S/C11H16IN/c1-2-3-7-13-9-10-5-4-6-11(12)8-10/h4-6,8,13H,2-3,7,9H2,1H3. The lowest BCUT2D eigenvalue weighted by Crippen LogP contribution is -2.14. The van der Waals surface area contributed by atoms with E-state index in [0.717, 1.165) is 13.1 Å². The maximum absolute atomic E-state index is 3.43. The van der Waals surface area contributed by atoms with Crippen LogP contribution in [-0.2, 0) is 6.54 Å². The molecule has 1 aromatic carbocycles. The maximum Gasteiger partial charge on any atom is 0.0205 e. The molecule has 0 radical (unpaired) electrons. The minimum atomic E-state index is 0.997. The third-order valence-electron chi connectivity index (χ3n) is 1.93. The Hall–Kier alpha value is -0.0900. The molecule has 0 saturated carbocycles. The predicted octanol–water partition coefficient (Wildman–Crippen LogP) is 3.18. The van der Waals surface area contributed by atoms with E-state index in [1.807, 2.05) is 0 Å². The second kappa shape index (κ2) is 6.38. The molecule has 0 aliphatic rings. The van der Waals surface area contributed by atoms with Crippen molar-refractivity contribution in [3.05, 3.63) is 33.4 Å². The molecule has 0 atom stereocenters. The minimum Gasteiger partial charge on any atom is -0.313 e. The zero-order valence-corrected chi connectivity index (χ0v) is 10.2. The Kier molecular flexibility index (Phi) is 5.39. The molecule has 1 aromatic rings. The largest absolute Gasteiger partial charge is 0.313 e. The number of rotatable bonds is 5. The molecular formula is C11H16IN. The molecular weight excluding hydrogens is 273 g/mol. The number of hydrogen-bond donors (Lipinski definition) is 1. The molecule has 0 amide bonds. The first-order chi connectivity index (χ1) is 6.33. The number of hydrogen-bond acceptors (Lipinski definition) is 1. The van der Waals surface area contributed by atoms with Crippen molar-refractivity contribution in [3.8, 4) is 0 Å². The van der Waals surface area contributed by atoms with Crippen LogP contribution < -0.4 is 5.32 Å². The summed E-state index contributed by atoms with van der Waals surface area (Å²) in [6, 6.07) is 8.62. The van der Waals surface area contributed by atoms with Crippen molar-refractivity contribution in [1.82, 2.24) is 5.32 Å². The molecule has 2 heteroatoms. The molecule has 72 valence electrons. The summed E-state index contributed by atoms with van der Waals surface area (Å²) in [7, 11) is 0. The van der Waals surface area contributed by atoms with Gasteiger partial charge in [0.1, 0.15) is 0 Å². The quantitative estimate of drug-likeness (QED) is 0.648. The molecule has 0 aliphatic heterocycles. The number of nitrogens with one attached hydrogen (secondary N) is 1. The highest BCUT2D eigenvalue weighted by Gasteiger charge is 1.92. The van der Waals surface area contributed by atoms with Crippen LogP contribution in [0.1, 0.15) is 25.3 Å². The molecule has 0 saturated heterocycles. The van der Waals surface area contributed by atoms with E-state index in [-0.39, 0.29) is 0 Å². The Morgan fingerprint density at radius 3 is 2.92 bits per heavy atom. The summed E-state index contributed by atoms with van der Waals surface area (Å²) in [5.74, 6) is 0. The van der Waals surface area contributed by atoms with Crippen LogP contribution in [0.2, 0.25) is 0 Å². The molecule has 1 N–H and O–H groups in total. The average Bonchev–Trinajstić information content (AvgIpc) is 2.13. The monoisotopic (exact) mass is 289 g/mol. The fourth-order valence-electron chi connectivity index (χ4n) is 1.18. The molecule has 0 spiro atoms. The summed E-state index contributed by atoms with van der Waals surface area (Å²) in [4.78, 5) is 0. The van der Waals surface area contributed by atoms with Crippen molar-refractivity contribution in [2.24, 2.45) is 0 Å². The summed E-state index contributed by atoms with van der Waals surface area (Å²) in [6.45, 7) is 4.34. The third kappa shape index (κ3) is 4.62. The van der Waals surface area contributed by atoms with Crippen molar-refractivity contribution in [2.45, 2.75) is 26.3 Å². The topological polar surface area (TPSA) is 12.0 Å². The van der Waals surface area contributed by atoms with Crippen LogP contribution in [0.15, 0.2) is 24.3 Å². The highest BCUT2D eigenvalue weighted by molar-refractivity contribution is 14.1. The van der Waals surface area contributed by atoms with Gasteiger partial charge in [-0.2, -0.15) is 0 Å². The van der Waals surface area contributed by atoms with Crippen molar-refractivity contribution in [3.63, 3.8) is 0 Å². The van der Waals surface area contributed by atoms with E-state index >= 15 is 0 Å². The Morgan fingerprint density at radius 1 is 1.38 bits per heavy atom. The van der Waals surface area contributed by atoms with Gasteiger partial charge in [0.15, 0.2) is 0 Å². The van der Waals surface area contributed by atoms with E-state index in [0.29, 0.717) is 0 Å². The van der Waals surface area contributed by atoms with Crippen LogP contribution in [0, 0.1) is 3.57 Å². The smallest absolute Gasteiger partial charge is 0.0205 e. The number of halogens is 1. The maximum atomic E-state index is 3.43. The van der Waals surface area contributed by atoms with Gasteiger partial charge in [-0.25, -0.2) is 0 Å². The van der Waals surface area contributed by atoms with E-state index in [4.69, 9.17) is 0 Å². The van der Waals surface area contributed by atoms with Crippen LogP contribution >= 0.6 is 22.6 Å². The summed E-state index contributed by atoms with van der Waals surface area (Å²) < 4.78 is 1.31. The van der Waals surface area contributed by atoms with Gasteiger partial charge < -0.3 is 5.32 Å². The molecule has 1 nitrogen and oxygen atoms in total. The molecule has 0 aromatic heterocycles. The van der Waals surface area contributed by atoms with Crippen LogP contribution in [0.5, 0.6) is 0 Å². The highest BCUT2D eigenvalue weighted by atomic mass is 127. The van der Waals surface area contributed by atoms with Crippen molar-refractivity contribution in [2.75, 3.05) is 6.54 Å². The van der Waals surface area contributed by atoms with Gasteiger partial charge in [-0.15, -0.1) is 0 Å². The van der Waals surface area contributed by atoms with Crippen LogP contribution in [0.4, 0.5) is 0 Å². The number of benzene rings is 1. The SMILES string of the molecule is CCCCNCc1cccc(I)c1. The van der Waals surface area contributed by atoms with Gasteiger partial charge in [0.25, 0.3) is 0 Å². The first-order valence-corrected chi connectivity index (χ1v) is 5.86. The molecule has 0 unspecified atom stereocenters. The van der Waals surface area contributed by atoms with Gasteiger partial charge in [0.2, 0.25) is 0 Å². The highest BCUT2D eigenvalue weighted by Crippen LogP contribution is 2.07.